The summed E-state index contributed by atoms with van der Waals surface area (Å²) < 4.78 is 32.7. The number of ether oxygens (including phenoxy) is 6. The van der Waals surface area contributed by atoms with E-state index in [4.69, 9.17) is 28.4 Å². The molecule has 1 atom stereocenters. The van der Waals surface area contributed by atoms with Gasteiger partial charge in [0.15, 0.2) is 0 Å². The van der Waals surface area contributed by atoms with E-state index < -0.39 is 18.0 Å². The summed E-state index contributed by atoms with van der Waals surface area (Å²) in [5.41, 5.74) is 0. The maximum absolute atomic E-state index is 12.8. The molecule has 57 heavy (non-hydrogen) atoms. The van der Waals surface area contributed by atoms with Crippen LogP contribution in [0.2, 0.25) is 0 Å². The van der Waals surface area contributed by atoms with Crippen LogP contribution in [0, 0.1) is 11.8 Å². The minimum absolute atomic E-state index is 0.0776. The maximum Gasteiger partial charge on any atom is 0.508 e. The molecular weight excluding hydrogens is 734 g/mol. The Labute approximate surface area is 343 Å². The molecule has 0 saturated heterocycles. The van der Waals surface area contributed by atoms with Gasteiger partial charge in [-0.15, -0.1) is 0 Å². The van der Waals surface area contributed by atoms with Gasteiger partial charge in [-0.3, -0.25) is 24.1 Å². The third-order valence-electron chi connectivity index (χ3n) is 10.3. The van der Waals surface area contributed by atoms with Crippen molar-refractivity contribution in [2.45, 2.75) is 181 Å². The van der Waals surface area contributed by atoms with Crippen molar-refractivity contribution in [3.8, 4) is 0 Å². The van der Waals surface area contributed by atoms with Gasteiger partial charge in [0.2, 0.25) is 0 Å². The van der Waals surface area contributed by atoms with Crippen LogP contribution in [0.4, 0.5) is 4.79 Å². The van der Waals surface area contributed by atoms with Crippen LogP contribution in [0.1, 0.15) is 175 Å². The lowest BCUT2D eigenvalue weighted by Crippen LogP contribution is -2.42. The van der Waals surface area contributed by atoms with Gasteiger partial charge in [0, 0.05) is 50.7 Å². The monoisotopic (exact) mass is 814 g/mol. The summed E-state index contributed by atoms with van der Waals surface area (Å²) in [7, 11) is 0. The fourth-order valence-corrected chi connectivity index (χ4v) is 6.48. The van der Waals surface area contributed by atoms with E-state index in [1.807, 2.05) is 0 Å². The lowest BCUT2D eigenvalue weighted by atomic mass is 9.91. The number of aliphatic hydroxyl groups excluding tert-OH is 1. The Morgan fingerprint density at radius 1 is 0.509 bits per heavy atom. The zero-order valence-corrected chi connectivity index (χ0v) is 36.0. The van der Waals surface area contributed by atoms with Gasteiger partial charge in [0.1, 0.15) is 19.8 Å². The van der Waals surface area contributed by atoms with Gasteiger partial charge in [-0.05, 0) is 51.4 Å². The Morgan fingerprint density at radius 3 is 1.37 bits per heavy atom. The molecule has 13 nitrogen and oxygen atoms in total. The van der Waals surface area contributed by atoms with E-state index in [0.717, 1.165) is 103 Å². The van der Waals surface area contributed by atoms with Gasteiger partial charge in [-0.2, -0.15) is 0 Å². The van der Waals surface area contributed by atoms with Crippen molar-refractivity contribution >= 4 is 30.0 Å². The summed E-state index contributed by atoms with van der Waals surface area (Å²) in [6.07, 6.45) is 19.1. The number of carbonyl (C=O) groups excluding carboxylic acids is 5. The van der Waals surface area contributed by atoms with Crippen LogP contribution >= 0.6 is 0 Å². The molecule has 1 rings (SSSR count). The Morgan fingerprint density at radius 2 is 0.930 bits per heavy atom. The first-order valence-electron chi connectivity index (χ1n) is 22.5. The SMILES string of the molecule is CCCCCCCC(=O)OCC(CCCC(=O)OCC(COC(=O)CCCCCC)COC(=O)OCCCN(CCO)C1CCC1)COC(=O)CCCCCCC. The van der Waals surface area contributed by atoms with E-state index in [2.05, 4.69) is 25.7 Å². The minimum Gasteiger partial charge on any atom is -0.465 e. The second kappa shape index (κ2) is 36.2. The predicted octanol–water partition coefficient (Wildman–Crippen LogP) is 8.64. The number of aliphatic hydroxyl groups is 1. The molecule has 0 bridgehead atoms. The molecule has 0 aliphatic heterocycles. The van der Waals surface area contributed by atoms with Crippen molar-refractivity contribution in [3.05, 3.63) is 0 Å². The van der Waals surface area contributed by atoms with Crippen molar-refractivity contribution in [1.29, 1.82) is 0 Å². The van der Waals surface area contributed by atoms with Crippen molar-refractivity contribution in [3.63, 3.8) is 0 Å². The van der Waals surface area contributed by atoms with Gasteiger partial charge in [-0.1, -0.05) is 97.8 Å². The number of hydrogen-bond donors (Lipinski definition) is 1. The molecule has 0 aromatic heterocycles. The van der Waals surface area contributed by atoms with Crippen LogP contribution in [-0.2, 0) is 47.6 Å². The molecule has 1 aliphatic rings. The fraction of sp³-hybridized carbons (Fsp3) is 0.886. The van der Waals surface area contributed by atoms with Crippen LogP contribution in [0.25, 0.3) is 0 Å². The third-order valence-corrected chi connectivity index (χ3v) is 10.3. The zero-order valence-electron chi connectivity index (χ0n) is 36.0. The first-order chi connectivity index (χ1) is 27.7. The van der Waals surface area contributed by atoms with Crippen LogP contribution in [-0.4, -0.2) is 105 Å². The van der Waals surface area contributed by atoms with Crippen LogP contribution in [0.15, 0.2) is 0 Å². The second-order valence-electron chi connectivity index (χ2n) is 15.6. The van der Waals surface area contributed by atoms with Crippen molar-refractivity contribution in [2.24, 2.45) is 11.8 Å². The maximum atomic E-state index is 12.8. The standard InChI is InChI=1S/C44H79NO12/c1-4-7-10-13-16-25-40(47)53-32-37(33-54-41(48)26-17-14-11-8-5-2)21-18-27-43(50)56-35-38(34-55-42(49)24-15-12-9-6-3)36-57-44(51)52-31-20-28-45(29-30-46)39-22-19-23-39/h37-39,46H,4-36H2,1-3H3. The Balaban J connectivity index is 2.62. The molecule has 1 fully saturated rings. The Hall–Kier alpha value is -2.93. The van der Waals surface area contributed by atoms with Gasteiger partial charge in [0.25, 0.3) is 0 Å². The highest BCUT2D eigenvalue weighted by molar-refractivity contribution is 5.70. The predicted molar refractivity (Wildman–Crippen MR) is 218 cm³/mol. The van der Waals surface area contributed by atoms with E-state index in [9.17, 15) is 29.1 Å². The van der Waals surface area contributed by atoms with Crippen LogP contribution < -0.4 is 0 Å². The highest BCUT2D eigenvalue weighted by Crippen LogP contribution is 2.24. The summed E-state index contributed by atoms with van der Waals surface area (Å²) in [6.45, 7) is 7.78. The number of rotatable bonds is 38. The molecule has 1 unspecified atom stereocenters. The summed E-state index contributed by atoms with van der Waals surface area (Å²) in [6, 6.07) is 0.474. The molecule has 1 N–H and O–H groups in total. The Kier molecular flexibility index (Phi) is 33.1. The largest absolute Gasteiger partial charge is 0.508 e. The molecule has 1 aliphatic carbocycles. The zero-order chi connectivity index (χ0) is 41.8. The molecule has 332 valence electrons. The van der Waals surface area contributed by atoms with Gasteiger partial charge in [-0.25, -0.2) is 4.79 Å². The van der Waals surface area contributed by atoms with Gasteiger partial charge in [0.05, 0.1) is 32.3 Å². The molecule has 0 amide bonds. The molecule has 0 radical (unpaired) electrons. The third kappa shape index (κ3) is 29.9. The second-order valence-corrected chi connectivity index (χ2v) is 15.6. The fourth-order valence-electron chi connectivity index (χ4n) is 6.48. The van der Waals surface area contributed by atoms with E-state index in [1.165, 1.54) is 6.42 Å². The van der Waals surface area contributed by atoms with E-state index in [0.29, 0.717) is 51.2 Å². The summed E-state index contributed by atoms with van der Waals surface area (Å²) >= 11 is 0. The molecule has 1 saturated carbocycles. The quantitative estimate of drug-likeness (QED) is 0.0358. The molecular formula is C44H79NO12. The lowest BCUT2D eigenvalue weighted by Gasteiger charge is -2.37. The summed E-state index contributed by atoms with van der Waals surface area (Å²) in [5, 5.41) is 9.37. The first-order valence-corrected chi connectivity index (χ1v) is 22.5. The smallest absolute Gasteiger partial charge is 0.465 e. The van der Waals surface area contributed by atoms with Crippen molar-refractivity contribution in [1.82, 2.24) is 4.90 Å². The minimum atomic E-state index is -0.852. The first kappa shape index (κ1) is 52.1. The summed E-state index contributed by atoms with van der Waals surface area (Å²) in [5.74, 6) is -2.22. The highest BCUT2D eigenvalue weighted by atomic mass is 16.7. The number of hydrogen-bond acceptors (Lipinski definition) is 13. The Bertz CT molecular complexity index is 1020. The van der Waals surface area contributed by atoms with E-state index >= 15 is 0 Å². The molecule has 0 aromatic carbocycles. The van der Waals surface area contributed by atoms with Gasteiger partial charge < -0.3 is 33.5 Å². The lowest BCUT2D eigenvalue weighted by molar-refractivity contribution is -0.152. The topological polar surface area (TPSA) is 164 Å². The van der Waals surface area contributed by atoms with E-state index in [-0.39, 0.29) is 82.9 Å². The molecule has 0 spiro atoms. The number of nitrogens with zero attached hydrogens (tertiary/aromatic N) is 1. The molecule has 0 aromatic rings. The van der Waals surface area contributed by atoms with Gasteiger partial charge >= 0.3 is 30.0 Å². The van der Waals surface area contributed by atoms with Crippen molar-refractivity contribution in [2.75, 3.05) is 59.3 Å². The summed E-state index contributed by atoms with van der Waals surface area (Å²) in [4.78, 5) is 64.6. The van der Waals surface area contributed by atoms with Crippen LogP contribution in [0.5, 0.6) is 0 Å². The number of carbonyl (C=O) groups is 5. The van der Waals surface area contributed by atoms with E-state index in [1.54, 1.807) is 0 Å². The number of esters is 4. The highest BCUT2D eigenvalue weighted by Gasteiger charge is 2.24. The molecule has 0 heterocycles. The average Bonchev–Trinajstić information content (AvgIpc) is 3.17. The van der Waals surface area contributed by atoms with Crippen LogP contribution in [0.3, 0.4) is 0 Å². The van der Waals surface area contributed by atoms with Crippen molar-refractivity contribution < 1.29 is 57.5 Å². The normalized spacial score (nSPS) is 13.2. The molecule has 13 heteroatoms. The number of unbranched alkanes of at least 4 members (excludes halogenated alkanes) is 11. The average molecular weight is 814 g/mol.